The van der Waals surface area contributed by atoms with Gasteiger partial charge < -0.3 is 10.1 Å². The lowest BCUT2D eigenvalue weighted by Gasteiger charge is -2.14. The molecule has 0 bridgehead atoms. The zero-order chi connectivity index (χ0) is 17.1. The second-order valence-electron chi connectivity index (χ2n) is 5.25. The normalized spacial score (nSPS) is 11.9. The van der Waals surface area contributed by atoms with Crippen molar-refractivity contribution >= 4 is 22.5 Å². The number of ether oxygens (including phenoxy) is 1. The highest BCUT2D eigenvalue weighted by Gasteiger charge is 2.19. The average Bonchev–Trinajstić information content (AvgIpc) is 2.62. The number of fused-ring (bicyclic) bond motifs is 1. The molecule has 24 heavy (non-hydrogen) atoms. The minimum atomic E-state index is -0.805. The van der Waals surface area contributed by atoms with Crippen LogP contribution in [0.25, 0.3) is 10.9 Å². The van der Waals surface area contributed by atoms with Gasteiger partial charge in [0, 0.05) is 11.8 Å². The largest absolute Gasteiger partial charge is 0.497 e. The lowest BCUT2D eigenvalue weighted by molar-refractivity contribution is -0.119. The van der Waals surface area contributed by atoms with Gasteiger partial charge in [-0.25, -0.2) is 0 Å². The highest BCUT2D eigenvalue weighted by molar-refractivity contribution is 5.93. The van der Waals surface area contributed by atoms with Crippen LogP contribution in [0.1, 0.15) is 13.0 Å². The first-order chi connectivity index (χ1) is 11.6. The fraction of sp³-hybridized carbons (Fsp3) is 0.176. The molecule has 1 atom stereocenters. The smallest absolute Gasteiger partial charge is 0.278 e. The minimum absolute atomic E-state index is 0.353. The Kier molecular flexibility index (Phi) is 4.24. The predicted molar refractivity (Wildman–Crippen MR) is 90.1 cm³/mol. The van der Waals surface area contributed by atoms with Crippen LogP contribution in [-0.4, -0.2) is 28.0 Å². The van der Waals surface area contributed by atoms with Gasteiger partial charge in [-0.2, -0.15) is 4.68 Å². The molecular formula is C17H16N4O3. The van der Waals surface area contributed by atoms with Gasteiger partial charge in [0.25, 0.3) is 5.56 Å². The number of nitrogens with zero attached hydrogens (tertiary/aromatic N) is 3. The van der Waals surface area contributed by atoms with E-state index in [1.807, 2.05) is 0 Å². The highest BCUT2D eigenvalue weighted by Crippen LogP contribution is 2.18. The number of hydrogen-bond donors (Lipinski definition) is 1. The molecule has 7 nitrogen and oxygen atoms in total. The van der Waals surface area contributed by atoms with Crippen LogP contribution in [0, 0.1) is 0 Å². The number of benzene rings is 2. The molecule has 1 amide bonds. The molecule has 0 saturated heterocycles. The molecule has 0 aliphatic heterocycles. The van der Waals surface area contributed by atoms with Gasteiger partial charge in [-0.1, -0.05) is 23.4 Å². The Bertz CT molecular complexity index is 952. The standard InChI is InChI=1S/C17H16N4O3/c1-11(16(22)18-12-6-5-7-13(10-12)24-2)21-17(23)14-8-3-4-9-15(14)19-20-21/h3-11H,1-2H3,(H,18,22). The molecule has 1 aromatic heterocycles. The molecule has 0 saturated carbocycles. The molecule has 0 spiro atoms. The van der Waals surface area contributed by atoms with Crippen LogP contribution >= 0.6 is 0 Å². The minimum Gasteiger partial charge on any atom is -0.497 e. The SMILES string of the molecule is COc1cccc(NC(=O)C(C)n2nnc3ccccc3c2=O)c1. The van der Waals surface area contributed by atoms with Crippen LogP contribution in [-0.2, 0) is 4.79 Å². The van der Waals surface area contributed by atoms with Gasteiger partial charge in [-0.3, -0.25) is 9.59 Å². The van der Waals surface area contributed by atoms with Crippen molar-refractivity contribution in [1.82, 2.24) is 15.0 Å². The lowest BCUT2D eigenvalue weighted by Crippen LogP contribution is -2.34. The molecule has 0 aliphatic rings. The molecule has 3 rings (SSSR count). The van der Waals surface area contributed by atoms with E-state index in [9.17, 15) is 9.59 Å². The predicted octanol–water partition coefficient (Wildman–Crippen LogP) is 2.00. The van der Waals surface area contributed by atoms with Gasteiger partial charge in [-0.05, 0) is 31.2 Å². The van der Waals surface area contributed by atoms with Crippen LogP contribution in [0.3, 0.4) is 0 Å². The molecule has 3 aromatic rings. The van der Waals surface area contributed by atoms with Crippen LogP contribution in [0.5, 0.6) is 5.75 Å². The maximum absolute atomic E-state index is 12.5. The van der Waals surface area contributed by atoms with E-state index in [4.69, 9.17) is 4.74 Å². The Morgan fingerprint density at radius 1 is 1.21 bits per heavy atom. The number of rotatable bonds is 4. The zero-order valence-electron chi connectivity index (χ0n) is 13.3. The third-order valence-electron chi connectivity index (χ3n) is 3.67. The number of carbonyl (C=O) groups is 1. The molecule has 2 aromatic carbocycles. The van der Waals surface area contributed by atoms with E-state index in [0.717, 1.165) is 4.68 Å². The van der Waals surface area contributed by atoms with Crippen molar-refractivity contribution < 1.29 is 9.53 Å². The number of anilines is 1. The first kappa shape index (κ1) is 15.7. The Morgan fingerprint density at radius 2 is 2.00 bits per heavy atom. The molecule has 1 N–H and O–H groups in total. The van der Waals surface area contributed by atoms with E-state index in [2.05, 4.69) is 15.6 Å². The van der Waals surface area contributed by atoms with Crippen molar-refractivity contribution in [3.05, 3.63) is 58.9 Å². The van der Waals surface area contributed by atoms with E-state index >= 15 is 0 Å². The quantitative estimate of drug-likeness (QED) is 0.793. The lowest BCUT2D eigenvalue weighted by atomic mass is 10.2. The van der Waals surface area contributed by atoms with Crippen LogP contribution in [0.15, 0.2) is 53.3 Å². The first-order valence-corrected chi connectivity index (χ1v) is 7.39. The van der Waals surface area contributed by atoms with E-state index in [0.29, 0.717) is 22.3 Å². The summed E-state index contributed by atoms with van der Waals surface area (Å²) in [5, 5.41) is 11.0. The third-order valence-corrected chi connectivity index (χ3v) is 3.67. The summed E-state index contributed by atoms with van der Waals surface area (Å²) in [4.78, 5) is 24.9. The monoisotopic (exact) mass is 324 g/mol. The van der Waals surface area contributed by atoms with Gasteiger partial charge >= 0.3 is 0 Å². The summed E-state index contributed by atoms with van der Waals surface area (Å²) in [6.07, 6.45) is 0. The fourth-order valence-corrected chi connectivity index (χ4v) is 2.31. The van der Waals surface area contributed by atoms with Gasteiger partial charge in [0.15, 0.2) is 0 Å². The molecule has 1 heterocycles. The molecule has 0 radical (unpaired) electrons. The number of hydrogen-bond acceptors (Lipinski definition) is 5. The molecule has 122 valence electrons. The Hall–Kier alpha value is -3.22. The Balaban J connectivity index is 1.88. The summed E-state index contributed by atoms with van der Waals surface area (Å²) in [7, 11) is 1.55. The topological polar surface area (TPSA) is 86.1 Å². The molecule has 1 unspecified atom stereocenters. The summed E-state index contributed by atoms with van der Waals surface area (Å²) in [5.41, 5.74) is 0.723. The van der Waals surface area contributed by atoms with Crippen molar-refractivity contribution in [3.63, 3.8) is 0 Å². The number of aromatic nitrogens is 3. The zero-order valence-corrected chi connectivity index (χ0v) is 13.3. The number of nitrogens with one attached hydrogen (secondary N) is 1. The van der Waals surface area contributed by atoms with Gasteiger partial charge in [0.1, 0.15) is 17.3 Å². The van der Waals surface area contributed by atoms with E-state index in [1.165, 1.54) is 0 Å². The Morgan fingerprint density at radius 3 is 2.79 bits per heavy atom. The summed E-state index contributed by atoms with van der Waals surface area (Å²) in [6, 6.07) is 13.1. The summed E-state index contributed by atoms with van der Waals surface area (Å²) >= 11 is 0. The molecular weight excluding hydrogens is 308 g/mol. The van der Waals surface area contributed by atoms with Crippen molar-refractivity contribution in [2.45, 2.75) is 13.0 Å². The number of amides is 1. The van der Waals surface area contributed by atoms with Crippen LogP contribution in [0.4, 0.5) is 5.69 Å². The first-order valence-electron chi connectivity index (χ1n) is 7.39. The molecule has 7 heteroatoms. The maximum atomic E-state index is 12.5. The fourth-order valence-electron chi connectivity index (χ4n) is 2.31. The average molecular weight is 324 g/mol. The van der Waals surface area contributed by atoms with Crippen molar-refractivity contribution in [2.75, 3.05) is 12.4 Å². The highest BCUT2D eigenvalue weighted by atomic mass is 16.5. The van der Waals surface area contributed by atoms with Crippen molar-refractivity contribution in [1.29, 1.82) is 0 Å². The summed E-state index contributed by atoms with van der Waals surface area (Å²) < 4.78 is 6.20. The van der Waals surface area contributed by atoms with E-state index in [1.54, 1.807) is 62.6 Å². The summed E-state index contributed by atoms with van der Waals surface area (Å²) in [5.74, 6) is 0.262. The van der Waals surface area contributed by atoms with Gasteiger partial charge in [0.2, 0.25) is 5.91 Å². The van der Waals surface area contributed by atoms with Gasteiger partial charge in [-0.15, -0.1) is 5.10 Å². The van der Waals surface area contributed by atoms with Crippen LogP contribution < -0.4 is 15.6 Å². The number of methoxy groups -OCH3 is 1. The molecule has 0 aliphatic carbocycles. The second-order valence-corrected chi connectivity index (χ2v) is 5.25. The third kappa shape index (κ3) is 2.96. The van der Waals surface area contributed by atoms with Crippen molar-refractivity contribution in [3.8, 4) is 5.75 Å². The summed E-state index contributed by atoms with van der Waals surface area (Å²) in [6.45, 7) is 1.60. The number of carbonyl (C=O) groups excluding carboxylic acids is 1. The van der Waals surface area contributed by atoms with E-state index < -0.39 is 6.04 Å². The van der Waals surface area contributed by atoms with Gasteiger partial charge in [0.05, 0.1) is 12.5 Å². The Labute approximate surface area is 137 Å². The van der Waals surface area contributed by atoms with Crippen LogP contribution in [0.2, 0.25) is 0 Å². The second kappa shape index (κ2) is 6.49. The van der Waals surface area contributed by atoms with Crippen molar-refractivity contribution in [2.24, 2.45) is 0 Å². The molecule has 0 fully saturated rings. The maximum Gasteiger partial charge on any atom is 0.278 e. The van der Waals surface area contributed by atoms with E-state index in [-0.39, 0.29) is 11.5 Å².